The van der Waals surface area contributed by atoms with Gasteiger partial charge in [-0.2, -0.15) is 5.26 Å². The summed E-state index contributed by atoms with van der Waals surface area (Å²) in [4.78, 5) is 0. The van der Waals surface area contributed by atoms with Crippen LogP contribution in [-0.4, -0.2) is 17.7 Å². The fourth-order valence-electron chi connectivity index (χ4n) is 3.91. The summed E-state index contributed by atoms with van der Waals surface area (Å²) in [6, 6.07) is 6.77. The van der Waals surface area contributed by atoms with E-state index in [-0.39, 0.29) is 0 Å². The number of nitrogens with zero attached hydrogens (tertiary/aromatic N) is 1. The predicted molar refractivity (Wildman–Crippen MR) is 131 cm³/mol. The minimum absolute atomic E-state index is 0.358. The minimum atomic E-state index is 0.358. The Kier molecular flexibility index (Phi) is 10.4. The van der Waals surface area contributed by atoms with Crippen molar-refractivity contribution in [1.29, 1.82) is 5.26 Å². The van der Waals surface area contributed by atoms with Gasteiger partial charge in [0.15, 0.2) is 0 Å². The fraction of sp³-hybridized carbons (Fsp3) is 0.519. The van der Waals surface area contributed by atoms with Crippen molar-refractivity contribution in [2.75, 3.05) is 11.9 Å². The van der Waals surface area contributed by atoms with Gasteiger partial charge in [0.2, 0.25) is 0 Å². The Hall–Kier alpha value is -2.51. The summed E-state index contributed by atoms with van der Waals surface area (Å²) in [5.74, 6) is 0.877. The lowest BCUT2D eigenvalue weighted by molar-refractivity contribution is 0.372. The molecule has 0 saturated heterocycles. The number of nitriles is 1. The molecule has 168 valence electrons. The zero-order chi connectivity index (χ0) is 22.6. The lowest BCUT2D eigenvalue weighted by Gasteiger charge is -2.24. The third kappa shape index (κ3) is 8.26. The van der Waals surface area contributed by atoms with Gasteiger partial charge in [-0.15, -0.1) is 0 Å². The number of rotatable bonds is 11. The van der Waals surface area contributed by atoms with Crippen LogP contribution in [0.25, 0.3) is 0 Å². The van der Waals surface area contributed by atoms with Crippen LogP contribution < -0.4 is 10.6 Å². The highest BCUT2D eigenvalue weighted by Crippen LogP contribution is 2.28. The predicted octanol–water partition coefficient (Wildman–Crippen LogP) is 6.40. The molecule has 0 radical (unpaired) electrons. The van der Waals surface area contributed by atoms with Gasteiger partial charge in [-0.1, -0.05) is 58.8 Å². The highest BCUT2D eigenvalue weighted by atomic mass is 16.3. The molecule has 0 unspecified atom stereocenters. The molecule has 0 amide bonds. The smallest absolute Gasteiger partial charge is 0.119 e. The molecule has 1 aromatic rings. The van der Waals surface area contributed by atoms with Crippen molar-refractivity contribution < 1.29 is 5.11 Å². The molecule has 1 aliphatic carbocycles. The van der Waals surface area contributed by atoms with Crippen LogP contribution in [0, 0.1) is 17.2 Å². The van der Waals surface area contributed by atoms with Gasteiger partial charge in [0.25, 0.3) is 0 Å². The Bertz CT molecular complexity index is 824. The summed E-state index contributed by atoms with van der Waals surface area (Å²) < 4.78 is 0. The summed E-state index contributed by atoms with van der Waals surface area (Å²) in [5.41, 5.74) is 4.66. The Morgan fingerprint density at radius 1 is 1.26 bits per heavy atom. The van der Waals surface area contributed by atoms with Crippen molar-refractivity contribution in [2.45, 2.75) is 78.3 Å². The summed E-state index contributed by atoms with van der Waals surface area (Å²) in [6.07, 6.45) is 13.7. The Labute approximate surface area is 188 Å². The van der Waals surface area contributed by atoms with Crippen molar-refractivity contribution in [3.63, 3.8) is 0 Å². The van der Waals surface area contributed by atoms with Gasteiger partial charge in [0.1, 0.15) is 5.75 Å². The quantitative estimate of drug-likeness (QED) is 0.220. The summed E-state index contributed by atoms with van der Waals surface area (Å²) in [6.45, 7) is 11.6. The van der Waals surface area contributed by atoms with Crippen LogP contribution in [0.15, 0.2) is 48.1 Å². The number of allylic oxidation sites excluding steroid dienone is 3. The molecule has 0 spiro atoms. The van der Waals surface area contributed by atoms with Gasteiger partial charge in [-0.25, -0.2) is 0 Å². The molecule has 1 fully saturated rings. The van der Waals surface area contributed by atoms with E-state index in [0.29, 0.717) is 29.8 Å². The molecule has 0 heterocycles. The normalized spacial score (nSPS) is 15.7. The number of benzene rings is 1. The second kappa shape index (κ2) is 13.0. The van der Waals surface area contributed by atoms with Crippen LogP contribution in [0.3, 0.4) is 0 Å². The van der Waals surface area contributed by atoms with Crippen molar-refractivity contribution in [2.24, 2.45) is 5.92 Å². The second-order valence-electron chi connectivity index (χ2n) is 8.89. The van der Waals surface area contributed by atoms with Gasteiger partial charge < -0.3 is 15.7 Å². The van der Waals surface area contributed by atoms with Crippen LogP contribution in [0.4, 0.5) is 5.69 Å². The van der Waals surface area contributed by atoms with E-state index < -0.39 is 0 Å². The largest absolute Gasteiger partial charge is 0.508 e. The van der Waals surface area contributed by atoms with E-state index in [1.54, 1.807) is 6.08 Å². The van der Waals surface area contributed by atoms with E-state index in [4.69, 9.17) is 0 Å². The summed E-state index contributed by atoms with van der Waals surface area (Å²) >= 11 is 0. The standard InChI is InChI=1S/C27H39N3O/c1-5-21(14-22(17-28)13-12-20(3)4)18-30-26-15-23(6-2)27(31)16-24(26)19-29-25-10-8-7-9-11-25/h5,13-16,20,25,29-31H,1,6-12,18-19H2,2-4H3/b21-14+,22-13+. The van der Waals surface area contributed by atoms with E-state index in [1.165, 1.54) is 32.1 Å². The van der Waals surface area contributed by atoms with Gasteiger partial charge >= 0.3 is 0 Å². The summed E-state index contributed by atoms with van der Waals surface area (Å²) in [7, 11) is 0. The average Bonchev–Trinajstić information content (AvgIpc) is 2.78. The van der Waals surface area contributed by atoms with Crippen LogP contribution in [0.1, 0.15) is 70.4 Å². The molecular formula is C27H39N3O. The maximum absolute atomic E-state index is 10.4. The average molecular weight is 422 g/mol. The molecule has 4 heteroatoms. The monoisotopic (exact) mass is 421 g/mol. The molecule has 3 N–H and O–H groups in total. The minimum Gasteiger partial charge on any atom is -0.508 e. The second-order valence-corrected chi connectivity index (χ2v) is 8.89. The van der Waals surface area contributed by atoms with Crippen LogP contribution in [0.5, 0.6) is 5.75 Å². The molecule has 1 aromatic carbocycles. The van der Waals surface area contributed by atoms with E-state index in [1.807, 2.05) is 31.2 Å². The number of hydrogen-bond acceptors (Lipinski definition) is 4. The molecular weight excluding hydrogens is 382 g/mol. The molecule has 0 atom stereocenters. The van der Waals surface area contributed by atoms with Crippen molar-refractivity contribution in [1.82, 2.24) is 5.32 Å². The lowest BCUT2D eigenvalue weighted by Crippen LogP contribution is -2.30. The SMILES string of the molecule is C=C/C(=C\C(C#N)=C/CC(C)C)CNc1cc(CC)c(O)cc1CNC1CCCCC1. The highest BCUT2D eigenvalue weighted by molar-refractivity contribution is 5.58. The number of phenolic OH excluding ortho intramolecular Hbond substituents is 1. The first kappa shape index (κ1) is 24.8. The maximum Gasteiger partial charge on any atom is 0.119 e. The Balaban J connectivity index is 2.15. The zero-order valence-corrected chi connectivity index (χ0v) is 19.5. The van der Waals surface area contributed by atoms with Gasteiger partial charge in [0, 0.05) is 30.4 Å². The van der Waals surface area contributed by atoms with E-state index in [2.05, 4.69) is 37.1 Å². The van der Waals surface area contributed by atoms with Crippen LogP contribution in [-0.2, 0) is 13.0 Å². The van der Waals surface area contributed by atoms with Gasteiger partial charge in [-0.3, -0.25) is 0 Å². The van der Waals surface area contributed by atoms with Crippen molar-refractivity contribution in [3.05, 3.63) is 59.2 Å². The fourth-order valence-corrected chi connectivity index (χ4v) is 3.91. The van der Waals surface area contributed by atoms with Crippen LogP contribution in [0.2, 0.25) is 0 Å². The number of nitrogens with one attached hydrogen (secondary N) is 2. The van der Waals surface area contributed by atoms with Gasteiger partial charge in [-0.05, 0) is 66.5 Å². The first-order valence-corrected chi connectivity index (χ1v) is 11.7. The Morgan fingerprint density at radius 3 is 2.61 bits per heavy atom. The molecule has 0 bridgehead atoms. The molecule has 0 aromatic heterocycles. The number of aromatic hydroxyl groups is 1. The first-order chi connectivity index (χ1) is 15.0. The number of anilines is 1. The molecule has 1 aliphatic rings. The third-order valence-electron chi connectivity index (χ3n) is 5.90. The molecule has 2 rings (SSSR count). The first-order valence-electron chi connectivity index (χ1n) is 11.7. The van der Waals surface area contributed by atoms with Crippen LogP contribution >= 0.6 is 0 Å². The van der Waals surface area contributed by atoms with Gasteiger partial charge in [0.05, 0.1) is 6.07 Å². The molecule has 31 heavy (non-hydrogen) atoms. The summed E-state index contributed by atoms with van der Waals surface area (Å²) in [5, 5.41) is 27.1. The van der Waals surface area contributed by atoms with E-state index in [0.717, 1.165) is 41.8 Å². The number of hydrogen-bond donors (Lipinski definition) is 3. The molecule has 4 nitrogen and oxygen atoms in total. The van der Waals surface area contributed by atoms with E-state index in [9.17, 15) is 10.4 Å². The molecule has 0 aliphatic heterocycles. The van der Waals surface area contributed by atoms with E-state index >= 15 is 0 Å². The topological polar surface area (TPSA) is 68.1 Å². The zero-order valence-electron chi connectivity index (χ0n) is 19.5. The highest BCUT2D eigenvalue weighted by Gasteiger charge is 2.15. The van der Waals surface area contributed by atoms with Crippen molar-refractivity contribution >= 4 is 5.69 Å². The molecule has 1 saturated carbocycles. The number of aryl methyl sites for hydroxylation is 1. The maximum atomic E-state index is 10.4. The van der Waals surface area contributed by atoms with Crippen molar-refractivity contribution in [3.8, 4) is 11.8 Å². The lowest BCUT2D eigenvalue weighted by atomic mass is 9.95. The Morgan fingerprint density at radius 2 is 2.00 bits per heavy atom. The third-order valence-corrected chi connectivity index (χ3v) is 5.90. The number of phenols is 1.